The van der Waals surface area contributed by atoms with Crippen LogP contribution >= 0.6 is 0 Å². The number of rotatable bonds is 6. The van der Waals surface area contributed by atoms with Crippen LogP contribution in [0.3, 0.4) is 0 Å². The van der Waals surface area contributed by atoms with Gasteiger partial charge < -0.3 is 26.5 Å². The molecular formula is C24H20N6O4. The average molecular weight is 456 g/mol. The van der Waals surface area contributed by atoms with Crippen LogP contribution in [-0.2, 0) is 9.59 Å². The molecule has 1 aliphatic rings. The number of amides is 3. The van der Waals surface area contributed by atoms with E-state index in [9.17, 15) is 14.4 Å². The number of carbonyl (C=O) groups is 3. The van der Waals surface area contributed by atoms with Crippen molar-refractivity contribution in [3.8, 4) is 22.5 Å². The number of fused-ring (bicyclic) bond motifs is 4. The molecule has 0 radical (unpaired) electrons. The lowest BCUT2D eigenvalue weighted by Crippen LogP contribution is -2.47. The Morgan fingerprint density at radius 3 is 2.59 bits per heavy atom. The van der Waals surface area contributed by atoms with Crippen molar-refractivity contribution < 1.29 is 19.5 Å². The maximum Gasteiger partial charge on any atom is 0.405 e. The summed E-state index contributed by atoms with van der Waals surface area (Å²) in [6.07, 6.45) is 1.55. The van der Waals surface area contributed by atoms with Crippen molar-refractivity contribution in [1.29, 1.82) is 0 Å². The standard InChI is InChI=1S/C24H20N6O4/c25-22(32)17(29-24(33)34)10-19(31)30-21-13-5-2-1-4-12(13)20-14(21)6-3-7-15(20)23-27-16-8-9-26-11-18(16)28-23/h1-9,11,17,21,29H,10H2,(H2,25,32)(H,27,28)(H,30,31)(H,33,34)/t17-,21-/m1/s1. The molecule has 0 fully saturated rings. The van der Waals surface area contributed by atoms with Crippen molar-refractivity contribution >= 4 is 28.9 Å². The fourth-order valence-electron chi connectivity index (χ4n) is 4.37. The molecule has 0 spiro atoms. The molecule has 0 saturated heterocycles. The van der Waals surface area contributed by atoms with E-state index in [1.807, 2.05) is 53.8 Å². The summed E-state index contributed by atoms with van der Waals surface area (Å²) in [6.45, 7) is 0. The summed E-state index contributed by atoms with van der Waals surface area (Å²) < 4.78 is 0. The van der Waals surface area contributed by atoms with Gasteiger partial charge in [-0.1, -0.05) is 42.5 Å². The molecule has 10 heteroatoms. The van der Waals surface area contributed by atoms with E-state index in [4.69, 9.17) is 15.8 Å². The number of nitrogens with one attached hydrogen (secondary N) is 3. The van der Waals surface area contributed by atoms with Crippen LogP contribution in [-0.4, -0.2) is 44.0 Å². The number of carboxylic acid groups (broad SMARTS) is 1. The van der Waals surface area contributed by atoms with Crippen molar-refractivity contribution in [2.75, 3.05) is 0 Å². The van der Waals surface area contributed by atoms with Crippen LogP contribution in [0.4, 0.5) is 4.79 Å². The van der Waals surface area contributed by atoms with Crippen LogP contribution in [0, 0.1) is 0 Å². The minimum Gasteiger partial charge on any atom is -0.465 e. The summed E-state index contributed by atoms with van der Waals surface area (Å²) in [5.41, 5.74) is 11.4. The smallest absolute Gasteiger partial charge is 0.405 e. The third kappa shape index (κ3) is 3.71. The van der Waals surface area contributed by atoms with E-state index in [2.05, 4.69) is 15.3 Å². The molecule has 5 rings (SSSR count). The quantitative estimate of drug-likeness (QED) is 0.299. The summed E-state index contributed by atoms with van der Waals surface area (Å²) in [5.74, 6) is -0.752. The lowest BCUT2D eigenvalue weighted by atomic mass is 9.98. The van der Waals surface area contributed by atoms with Gasteiger partial charge in [-0.25, -0.2) is 9.78 Å². The normalized spacial score (nSPS) is 14.8. The van der Waals surface area contributed by atoms with Gasteiger partial charge in [-0.3, -0.25) is 14.6 Å². The van der Waals surface area contributed by atoms with Crippen molar-refractivity contribution in [3.63, 3.8) is 0 Å². The lowest BCUT2D eigenvalue weighted by molar-refractivity contribution is -0.126. The molecule has 34 heavy (non-hydrogen) atoms. The maximum atomic E-state index is 12.8. The molecule has 170 valence electrons. The number of pyridine rings is 1. The Morgan fingerprint density at radius 1 is 1.06 bits per heavy atom. The van der Waals surface area contributed by atoms with Crippen molar-refractivity contribution in [1.82, 2.24) is 25.6 Å². The van der Waals surface area contributed by atoms with Gasteiger partial charge in [0.15, 0.2) is 0 Å². The Kier molecular flexibility index (Phi) is 5.17. The van der Waals surface area contributed by atoms with Crippen molar-refractivity contribution in [2.24, 2.45) is 5.73 Å². The number of H-pyrrole nitrogens is 1. The predicted octanol–water partition coefficient (Wildman–Crippen LogP) is 2.32. The average Bonchev–Trinajstić information content (AvgIpc) is 3.38. The molecular weight excluding hydrogens is 436 g/mol. The number of aromatic amines is 1. The summed E-state index contributed by atoms with van der Waals surface area (Å²) >= 11 is 0. The summed E-state index contributed by atoms with van der Waals surface area (Å²) in [7, 11) is 0. The lowest BCUT2D eigenvalue weighted by Gasteiger charge is -2.18. The minimum atomic E-state index is -1.43. The number of benzene rings is 2. The molecule has 0 bridgehead atoms. The number of hydrogen-bond donors (Lipinski definition) is 5. The van der Waals surface area contributed by atoms with E-state index in [0.717, 1.165) is 38.9 Å². The number of primary amides is 1. The van der Waals surface area contributed by atoms with Crippen molar-refractivity contribution in [3.05, 3.63) is 72.1 Å². The van der Waals surface area contributed by atoms with Gasteiger partial charge >= 0.3 is 6.09 Å². The van der Waals surface area contributed by atoms with Crippen LogP contribution < -0.4 is 16.4 Å². The van der Waals surface area contributed by atoms with E-state index in [-0.39, 0.29) is 0 Å². The first-order chi connectivity index (χ1) is 16.4. The van der Waals surface area contributed by atoms with Gasteiger partial charge in [0, 0.05) is 11.8 Å². The van der Waals surface area contributed by atoms with Gasteiger partial charge in [-0.2, -0.15) is 0 Å². The van der Waals surface area contributed by atoms with Gasteiger partial charge in [0.2, 0.25) is 11.8 Å². The molecule has 2 aromatic heterocycles. The maximum absolute atomic E-state index is 12.8. The molecule has 3 amide bonds. The second-order valence-electron chi connectivity index (χ2n) is 7.94. The summed E-state index contributed by atoms with van der Waals surface area (Å²) in [4.78, 5) is 47.5. The SMILES string of the molecule is NC(=O)[C@@H](CC(=O)N[C@@H]1c2ccccc2-c2c(-c3nc4ccncc4[nH]3)cccc21)NC(=O)O. The molecule has 0 unspecified atom stereocenters. The molecule has 4 aromatic rings. The van der Waals surface area contributed by atoms with Gasteiger partial charge in [-0.15, -0.1) is 0 Å². The Bertz CT molecular complexity index is 1410. The fourth-order valence-corrected chi connectivity index (χ4v) is 4.37. The van der Waals surface area contributed by atoms with Gasteiger partial charge in [-0.05, 0) is 28.3 Å². The molecule has 0 saturated carbocycles. The molecule has 2 aromatic carbocycles. The second-order valence-corrected chi connectivity index (χ2v) is 7.94. The Hall–Kier alpha value is -4.73. The third-order valence-electron chi connectivity index (χ3n) is 5.82. The highest BCUT2D eigenvalue weighted by atomic mass is 16.4. The number of hydrogen-bond acceptors (Lipinski definition) is 5. The molecule has 10 nitrogen and oxygen atoms in total. The minimum absolute atomic E-state index is 0.411. The van der Waals surface area contributed by atoms with Crippen LogP contribution in [0.25, 0.3) is 33.5 Å². The third-order valence-corrected chi connectivity index (χ3v) is 5.82. The first kappa shape index (κ1) is 21.1. The fraction of sp³-hybridized carbons (Fsp3) is 0.125. The van der Waals surface area contributed by atoms with Gasteiger partial charge in [0.05, 0.1) is 29.7 Å². The Balaban J connectivity index is 1.52. The Labute approximate surface area is 193 Å². The van der Waals surface area contributed by atoms with Crippen LogP contribution in [0.15, 0.2) is 60.9 Å². The van der Waals surface area contributed by atoms with Crippen LogP contribution in [0.1, 0.15) is 23.6 Å². The molecule has 2 heterocycles. The number of carbonyl (C=O) groups excluding carboxylic acids is 2. The van der Waals surface area contributed by atoms with E-state index in [1.165, 1.54) is 0 Å². The van der Waals surface area contributed by atoms with E-state index in [0.29, 0.717) is 5.82 Å². The van der Waals surface area contributed by atoms with Crippen LogP contribution in [0.5, 0.6) is 0 Å². The molecule has 1 aliphatic carbocycles. The van der Waals surface area contributed by atoms with Gasteiger partial charge in [0.1, 0.15) is 11.9 Å². The topological polar surface area (TPSA) is 163 Å². The number of imidazole rings is 1. The van der Waals surface area contributed by atoms with Crippen molar-refractivity contribution in [2.45, 2.75) is 18.5 Å². The number of nitrogens with two attached hydrogens (primary N) is 1. The molecule has 6 N–H and O–H groups in total. The monoisotopic (exact) mass is 456 g/mol. The van der Waals surface area contributed by atoms with Crippen LogP contribution in [0.2, 0.25) is 0 Å². The number of aromatic nitrogens is 3. The van der Waals surface area contributed by atoms with E-state index >= 15 is 0 Å². The highest BCUT2D eigenvalue weighted by Crippen LogP contribution is 2.47. The zero-order valence-electron chi connectivity index (χ0n) is 17.8. The first-order valence-electron chi connectivity index (χ1n) is 10.5. The van der Waals surface area contributed by atoms with E-state index < -0.39 is 36.4 Å². The van der Waals surface area contributed by atoms with Gasteiger partial charge in [0.25, 0.3) is 0 Å². The summed E-state index contributed by atoms with van der Waals surface area (Å²) in [5, 5.41) is 13.8. The largest absolute Gasteiger partial charge is 0.465 e. The highest BCUT2D eigenvalue weighted by Gasteiger charge is 2.33. The number of nitrogens with zero attached hydrogens (tertiary/aromatic N) is 2. The molecule has 0 aliphatic heterocycles. The zero-order chi connectivity index (χ0) is 23.8. The van der Waals surface area contributed by atoms with E-state index in [1.54, 1.807) is 12.4 Å². The molecule has 2 atom stereocenters. The predicted molar refractivity (Wildman–Crippen MR) is 124 cm³/mol. The summed E-state index contributed by atoms with van der Waals surface area (Å²) in [6, 6.07) is 13.5. The Morgan fingerprint density at radius 2 is 1.82 bits per heavy atom. The highest BCUT2D eigenvalue weighted by molar-refractivity contribution is 5.94. The zero-order valence-corrected chi connectivity index (χ0v) is 17.8. The second kappa shape index (κ2) is 8.32. The first-order valence-corrected chi connectivity index (χ1v) is 10.5.